The van der Waals surface area contributed by atoms with Gasteiger partial charge in [-0.15, -0.1) is 0 Å². The SMILES string of the molecule is COc1cc([N+](=O)[O-])ccc1-n1c(C)cc([C@H]2[C@@H](c3ccccn3)NC(=S)N2c2ccc(NC(=O)COc3ccccc3)cc2)c1C. The Balaban J connectivity index is 1.33. The van der Waals surface area contributed by atoms with Crippen LogP contribution in [0.2, 0.25) is 0 Å². The van der Waals surface area contributed by atoms with E-state index < -0.39 is 4.92 Å². The second-order valence-electron chi connectivity index (χ2n) is 11.0. The molecule has 1 aliphatic rings. The summed E-state index contributed by atoms with van der Waals surface area (Å²) in [5, 5.41) is 18.3. The molecule has 238 valence electrons. The predicted molar refractivity (Wildman–Crippen MR) is 183 cm³/mol. The molecule has 0 saturated carbocycles. The highest BCUT2D eigenvalue weighted by molar-refractivity contribution is 7.80. The van der Waals surface area contributed by atoms with Crippen LogP contribution in [-0.2, 0) is 4.79 Å². The van der Waals surface area contributed by atoms with Gasteiger partial charge in [-0.3, -0.25) is 19.9 Å². The molecule has 2 atom stereocenters. The Morgan fingerprint density at radius 3 is 2.45 bits per heavy atom. The molecule has 47 heavy (non-hydrogen) atoms. The van der Waals surface area contributed by atoms with Gasteiger partial charge in [0.2, 0.25) is 0 Å². The number of aromatic nitrogens is 2. The first kappa shape index (κ1) is 31.2. The van der Waals surface area contributed by atoms with Crippen molar-refractivity contribution in [3.63, 3.8) is 0 Å². The average molecular weight is 649 g/mol. The lowest BCUT2D eigenvalue weighted by Crippen LogP contribution is -2.29. The first-order valence-corrected chi connectivity index (χ1v) is 15.3. The highest BCUT2D eigenvalue weighted by Gasteiger charge is 2.42. The largest absolute Gasteiger partial charge is 0.494 e. The minimum Gasteiger partial charge on any atom is -0.494 e. The number of non-ortho nitro benzene ring substituents is 1. The van der Waals surface area contributed by atoms with E-state index in [4.69, 9.17) is 21.7 Å². The molecule has 0 unspecified atom stereocenters. The number of methoxy groups -OCH3 is 1. The van der Waals surface area contributed by atoms with Crippen molar-refractivity contribution in [1.29, 1.82) is 0 Å². The molecule has 1 amide bonds. The standard InChI is InChI=1S/C35H32N6O5S/c1-22-19-28(23(2)39(22)30-17-16-26(41(43)44)20-31(30)45-3)34-33(29-11-7-8-18-36-29)38-35(47)40(34)25-14-12-24(13-15-25)37-32(42)21-46-27-9-5-4-6-10-27/h4-20,33-34H,21H2,1-3H3,(H,37,42)(H,38,47)/t33-,34+/m1/s1. The molecule has 0 bridgehead atoms. The van der Waals surface area contributed by atoms with Crippen molar-refractivity contribution in [2.45, 2.75) is 25.9 Å². The van der Waals surface area contributed by atoms with Crippen molar-refractivity contribution in [2.75, 3.05) is 23.9 Å². The monoisotopic (exact) mass is 648 g/mol. The number of carbonyl (C=O) groups excluding carboxylic acids is 1. The number of carbonyl (C=O) groups is 1. The van der Waals surface area contributed by atoms with Crippen LogP contribution in [-0.4, -0.2) is 39.2 Å². The van der Waals surface area contributed by atoms with Crippen LogP contribution in [0.5, 0.6) is 11.5 Å². The van der Waals surface area contributed by atoms with Crippen LogP contribution in [0.4, 0.5) is 17.1 Å². The lowest BCUT2D eigenvalue weighted by Gasteiger charge is -2.28. The van der Waals surface area contributed by atoms with Crippen LogP contribution in [0.15, 0.2) is 103 Å². The molecule has 0 spiro atoms. The molecular formula is C35H32N6O5S. The molecule has 3 aromatic carbocycles. The van der Waals surface area contributed by atoms with Gasteiger partial charge in [-0.2, -0.15) is 0 Å². The van der Waals surface area contributed by atoms with Crippen molar-refractivity contribution in [3.8, 4) is 17.2 Å². The summed E-state index contributed by atoms with van der Waals surface area (Å²) in [6.07, 6.45) is 1.75. The van der Waals surface area contributed by atoms with E-state index in [1.807, 2.05) is 79.1 Å². The smallest absolute Gasteiger partial charge is 0.273 e. The highest BCUT2D eigenvalue weighted by atomic mass is 32.1. The second-order valence-corrected chi connectivity index (χ2v) is 11.4. The van der Waals surface area contributed by atoms with Crippen molar-refractivity contribution < 1.29 is 19.2 Å². The highest BCUT2D eigenvalue weighted by Crippen LogP contribution is 2.44. The Morgan fingerprint density at radius 1 is 1.02 bits per heavy atom. The molecule has 3 heterocycles. The number of hydrogen-bond acceptors (Lipinski definition) is 7. The van der Waals surface area contributed by atoms with Gasteiger partial charge >= 0.3 is 0 Å². The zero-order valence-electron chi connectivity index (χ0n) is 25.9. The number of pyridine rings is 1. The number of hydrogen-bond donors (Lipinski definition) is 2. The zero-order chi connectivity index (χ0) is 33.1. The van der Waals surface area contributed by atoms with Gasteiger partial charge in [0, 0.05) is 35.0 Å². The Labute approximate surface area is 276 Å². The predicted octanol–water partition coefficient (Wildman–Crippen LogP) is 6.60. The molecule has 1 fully saturated rings. The van der Waals surface area contributed by atoms with Gasteiger partial charge in [-0.1, -0.05) is 24.3 Å². The van der Waals surface area contributed by atoms with Gasteiger partial charge in [0.1, 0.15) is 11.5 Å². The maximum atomic E-state index is 12.6. The fourth-order valence-corrected chi connectivity index (χ4v) is 6.29. The number of nitrogens with zero attached hydrogens (tertiary/aromatic N) is 4. The van der Waals surface area contributed by atoms with E-state index in [1.54, 1.807) is 24.4 Å². The summed E-state index contributed by atoms with van der Waals surface area (Å²) in [7, 11) is 1.50. The number of rotatable bonds is 10. The third-order valence-electron chi connectivity index (χ3n) is 8.04. The third kappa shape index (κ3) is 6.36. The third-order valence-corrected chi connectivity index (χ3v) is 8.36. The number of ether oxygens (including phenoxy) is 2. The number of thiocarbonyl (C=S) groups is 1. The van der Waals surface area contributed by atoms with Crippen molar-refractivity contribution in [3.05, 3.63) is 136 Å². The number of benzene rings is 3. The summed E-state index contributed by atoms with van der Waals surface area (Å²) in [6.45, 7) is 3.88. The molecule has 5 aromatic rings. The lowest BCUT2D eigenvalue weighted by molar-refractivity contribution is -0.384. The molecule has 2 N–H and O–H groups in total. The fourth-order valence-electron chi connectivity index (χ4n) is 5.94. The van der Waals surface area contributed by atoms with E-state index in [0.29, 0.717) is 28.0 Å². The average Bonchev–Trinajstić information content (AvgIpc) is 3.58. The Morgan fingerprint density at radius 2 is 1.77 bits per heavy atom. The van der Waals surface area contributed by atoms with Crippen molar-refractivity contribution in [2.24, 2.45) is 0 Å². The molecule has 6 rings (SSSR count). The first-order chi connectivity index (χ1) is 22.7. The maximum Gasteiger partial charge on any atom is 0.273 e. The molecular weight excluding hydrogens is 616 g/mol. The van der Waals surface area contributed by atoms with Gasteiger partial charge in [0.25, 0.3) is 11.6 Å². The summed E-state index contributed by atoms with van der Waals surface area (Å²) in [6, 6.07) is 28.5. The van der Waals surface area contributed by atoms with Crippen LogP contribution in [0.3, 0.4) is 0 Å². The summed E-state index contributed by atoms with van der Waals surface area (Å²) in [4.78, 5) is 30.3. The van der Waals surface area contributed by atoms with Crippen LogP contribution < -0.4 is 25.0 Å². The molecule has 0 aliphatic carbocycles. The molecule has 2 aromatic heterocycles. The van der Waals surface area contributed by atoms with E-state index in [9.17, 15) is 14.9 Å². The minimum absolute atomic E-state index is 0.0524. The minimum atomic E-state index is -0.442. The number of nitro groups is 1. The van der Waals surface area contributed by atoms with Gasteiger partial charge in [-0.25, -0.2) is 0 Å². The molecule has 0 radical (unpaired) electrons. The first-order valence-electron chi connectivity index (χ1n) is 14.8. The fraction of sp³-hybridized carbons (Fsp3) is 0.171. The van der Waals surface area contributed by atoms with Crippen molar-refractivity contribution in [1.82, 2.24) is 14.9 Å². The second kappa shape index (κ2) is 13.3. The van der Waals surface area contributed by atoms with E-state index in [2.05, 4.69) is 26.6 Å². The summed E-state index contributed by atoms with van der Waals surface area (Å²) in [5.74, 6) is 0.729. The Bertz CT molecular complexity index is 1930. The van der Waals surface area contributed by atoms with Gasteiger partial charge in [0.15, 0.2) is 11.7 Å². The number of aryl methyl sites for hydroxylation is 1. The maximum absolute atomic E-state index is 12.6. The van der Waals surface area contributed by atoms with E-state index in [0.717, 1.165) is 28.3 Å². The summed E-state index contributed by atoms with van der Waals surface area (Å²) < 4.78 is 13.2. The summed E-state index contributed by atoms with van der Waals surface area (Å²) in [5.41, 5.74) is 5.71. The van der Waals surface area contributed by atoms with Gasteiger partial charge in [0.05, 0.1) is 41.6 Å². The van der Waals surface area contributed by atoms with E-state index in [-0.39, 0.29) is 30.3 Å². The number of anilines is 2. The molecule has 11 nitrogen and oxygen atoms in total. The van der Waals surface area contributed by atoms with E-state index in [1.165, 1.54) is 19.2 Å². The molecule has 1 aliphatic heterocycles. The Kier molecular flexibility index (Phi) is 8.85. The van der Waals surface area contributed by atoms with E-state index >= 15 is 0 Å². The molecule has 1 saturated heterocycles. The number of nitrogens with one attached hydrogen (secondary N) is 2. The quantitative estimate of drug-likeness (QED) is 0.0979. The van der Waals surface area contributed by atoms with Crippen LogP contribution >= 0.6 is 12.2 Å². The van der Waals surface area contributed by atoms with Crippen LogP contribution in [0, 0.1) is 24.0 Å². The lowest BCUT2D eigenvalue weighted by atomic mass is 9.96. The normalized spacial score (nSPS) is 15.6. The van der Waals surface area contributed by atoms with Gasteiger partial charge < -0.3 is 29.6 Å². The number of nitro benzene ring substituents is 1. The Hall–Kier alpha value is -5.75. The zero-order valence-corrected chi connectivity index (χ0v) is 26.7. The van der Waals surface area contributed by atoms with Crippen LogP contribution in [0.1, 0.15) is 34.7 Å². The number of amides is 1. The molecule has 12 heteroatoms. The topological polar surface area (TPSA) is 124 Å². The summed E-state index contributed by atoms with van der Waals surface area (Å²) >= 11 is 5.93. The number of para-hydroxylation sites is 1. The van der Waals surface area contributed by atoms with Crippen molar-refractivity contribution >= 4 is 40.3 Å². The van der Waals surface area contributed by atoms with Crippen LogP contribution in [0.25, 0.3) is 5.69 Å². The van der Waals surface area contributed by atoms with Gasteiger partial charge in [-0.05, 0) is 92.3 Å².